The third-order valence-electron chi connectivity index (χ3n) is 3.43. The molecule has 9 heteroatoms. The Kier molecular flexibility index (Phi) is 5.58. The molecule has 1 aromatic carbocycles. The van der Waals surface area contributed by atoms with Gasteiger partial charge in [-0.15, -0.1) is 11.3 Å². The highest BCUT2D eigenvalue weighted by molar-refractivity contribution is 7.90. The molecule has 24 heavy (non-hydrogen) atoms. The number of sulfone groups is 1. The SMILES string of the molecule is CC(CC(O)c1cccs1)Nc1cccc(S(C)(=O)=O)c1[N+](=O)[O-]. The highest BCUT2D eigenvalue weighted by Gasteiger charge is 2.27. The van der Waals surface area contributed by atoms with E-state index in [1.165, 1.54) is 29.5 Å². The van der Waals surface area contributed by atoms with Gasteiger partial charge in [-0.3, -0.25) is 10.1 Å². The third kappa shape index (κ3) is 4.31. The molecule has 2 unspecified atom stereocenters. The van der Waals surface area contributed by atoms with Crippen LogP contribution >= 0.6 is 11.3 Å². The molecule has 2 N–H and O–H groups in total. The summed E-state index contributed by atoms with van der Waals surface area (Å²) in [6, 6.07) is 7.48. The van der Waals surface area contributed by atoms with Crippen molar-refractivity contribution < 1.29 is 18.4 Å². The van der Waals surface area contributed by atoms with Crippen molar-refractivity contribution >= 4 is 32.5 Å². The summed E-state index contributed by atoms with van der Waals surface area (Å²) >= 11 is 1.43. The molecule has 0 radical (unpaired) electrons. The smallest absolute Gasteiger partial charge is 0.310 e. The fraction of sp³-hybridized carbons (Fsp3) is 0.333. The number of nitrogens with one attached hydrogen (secondary N) is 1. The lowest BCUT2D eigenvalue weighted by Gasteiger charge is -2.18. The van der Waals surface area contributed by atoms with Crippen LogP contribution in [0.1, 0.15) is 24.3 Å². The van der Waals surface area contributed by atoms with Crippen LogP contribution in [0, 0.1) is 10.1 Å². The van der Waals surface area contributed by atoms with Gasteiger partial charge in [-0.25, -0.2) is 8.42 Å². The summed E-state index contributed by atoms with van der Waals surface area (Å²) in [6.07, 6.45) is 0.578. The zero-order chi connectivity index (χ0) is 17.9. The van der Waals surface area contributed by atoms with Gasteiger partial charge in [0.05, 0.1) is 11.0 Å². The molecular weight excluding hydrogens is 352 g/mol. The Hall–Kier alpha value is -1.97. The Morgan fingerprint density at radius 1 is 1.33 bits per heavy atom. The Labute approximate surface area is 144 Å². The van der Waals surface area contributed by atoms with E-state index in [2.05, 4.69) is 5.32 Å². The molecule has 0 amide bonds. The van der Waals surface area contributed by atoms with Crippen LogP contribution < -0.4 is 5.32 Å². The fourth-order valence-electron chi connectivity index (χ4n) is 2.38. The van der Waals surface area contributed by atoms with Gasteiger partial charge in [-0.05, 0) is 36.9 Å². The van der Waals surface area contributed by atoms with E-state index in [1.54, 1.807) is 6.92 Å². The molecule has 130 valence electrons. The summed E-state index contributed by atoms with van der Waals surface area (Å²) in [5.74, 6) is 0. The van der Waals surface area contributed by atoms with E-state index < -0.39 is 26.6 Å². The van der Waals surface area contributed by atoms with Gasteiger partial charge < -0.3 is 10.4 Å². The number of rotatable bonds is 7. The Morgan fingerprint density at radius 3 is 2.58 bits per heavy atom. The monoisotopic (exact) mass is 370 g/mol. The van der Waals surface area contributed by atoms with Crippen LogP contribution in [0.3, 0.4) is 0 Å². The van der Waals surface area contributed by atoms with E-state index in [1.807, 2.05) is 17.5 Å². The Bertz CT molecular complexity index is 818. The van der Waals surface area contributed by atoms with Gasteiger partial charge in [0, 0.05) is 17.2 Å². The second-order valence-corrected chi connectivity index (χ2v) is 8.46. The van der Waals surface area contributed by atoms with Gasteiger partial charge in [0.2, 0.25) is 0 Å². The van der Waals surface area contributed by atoms with Crippen LogP contribution in [0.2, 0.25) is 0 Å². The molecule has 0 aliphatic heterocycles. The predicted molar refractivity (Wildman–Crippen MR) is 93.2 cm³/mol. The van der Waals surface area contributed by atoms with E-state index in [4.69, 9.17) is 0 Å². The first-order chi connectivity index (χ1) is 11.2. The van der Waals surface area contributed by atoms with Gasteiger partial charge in [-0.2, -0.15) is 0 Å². The number of hydrogen-bond donors (Lipinski definition) is 2. The standard InChI is InChI=1S/C15H18N2O5S2/c1-10(9-12(18)13-6-4-8-23-13)16-11-5-3-7-14(24(2,21)22)15(11)17(19)20/h3-8,10,12,16,18H,9H2,1-2H3. The maximum atomic E-state index is 11.8. The quantitative estimate of drug-likeness (QED) is 0.573. The normalized spacial score (nSPS) is 14.1. The molecule has 0 aliphatic rings. The number of hydrogen-bond acceptors (Lipinski definition) is 7. The number of aliphatic hydroxyl groups is 1. The van der Waals surface area contributed by atoms with Crippen molar-refractivity contribution in [3.05, 3.63) is 50.7 Å². The lowest BCUT2D eigenvalue weighted by Crippen LogP contribution is -2.19. The fourth-order valence-corrected chi connectivity index (χ4v) is 3.97. The highest BCUT2D eigenvalue weighted by Crippen LogP contribution is 2.33. The largest absolute Gasteiger partial charge is 0.387 e. The summed E-state index contributed by atoms with van der Waals surface area (Å²) in [5.41, 5.74) is -0.355. The Morgan fingerprint density at radius 2 is 2.04 bits per heavy atom. The van der Waals surface area contributed by atoms with Gasteiger partial charge in [0.15, 0.2) is 9.84 Å². The molecule has 1 heterocycles. The second kappa shape index (κ2) is 7.29. The summed E-state index contributed by atoms with van der Waals surface area (Å²) < 4.78 is 23.5. The molecule has 0 fully saturated rings. The van der Waals surface area contributed by atoms with E-state index in [0.29, 0.717) is 6.42 Å². The highest BCUT2D eigenvalue weighted by atomic mass is 32.2. The van der Waals surface area contributed by atoms with Crippen molar-refractivity contribution in [1.82, 2.24) is 0 Å². The predicted octanol–water partition coefficient (Wildman–Crippen LogP) is 2.98. The van der Waals surface area contributed by atoms with E-state index >= 15 is 0 Å². The third-order valence-corrected chi connectivity index (χ3v) is 5.53. The van der Waals surface area contributed by atoms with Gasteiger partial charge in [0.1, 0.15) is 10.6 Å². The first-order valence-corrected chi connectivity index (χ1v) is 9.92. The first-order valence-electron chi connectivity index (χ1n) is 7.15. The number of anilines is 1. The van der Waals surface area contributed by atoms with E-state index in [0.717, 1.165) is 11.1 Å². The molecule has 2 atom stereocenters. The first kappa shape index (κ1) is 18.4. The topological polar surface area (TPSA) is 110 Å². The molecule has 0 bridgehead atoms. The number of para-hydroxylation sites is 1. The minimum Gasteiger partial charge on any atom is -0.387 e. The minimum atomic E-state index is -3.72. The van der Waals surface area contributed by atoms with Crippen LogP contribution in [-0.2, 0) is 9.84 Å². The van der Waals surface area contributed by atoms with E-state index in [-0.39, 0.29) is 16.6 Å². The van der Waals surface area contributed by atoms with E-state index in [9.17, 15) is 23.6 Å². The maximum absolute atomic E-state index is 11.8. The number of nitrogens with zero attached hydrogens (tertiary/aromatic N) is 1. The number of nitro groups is 1. The minimum absolute atomic E-state index is 0.119. The van der Waals surface area contributed by atoms with Crippen molar-refractivity contribution in [3.8, 4) is 0 Å². The molecule has 0 aliphatic carbocycles. The zero-order valence-corrected chi connectivity index (χ0v) is 14.8. The second-order valence-electron chi connectivity index (χ2n) is 5.49. The van der Waals surface area contributed by atoms with Gasteiger partial charge in [0.25, 0.3) is 0 Å². The number of benzene rings is 1. The van der Waals surface area contributed by atoms with Crippen molar-refractivity contribution in [1.29, 1.82) is 0 Å². The summed E-state index contributed by atoms with van der Waals surface area (Å²) in [4.78, 5) is 11.1. The Balaban J connectivity index is 2.24. The van der Waals surface area contributed by atoms with Crippen molar-refractivity contribution in [3.63, 3.8) is 0 Å². The molecule has 0 spiro atoms. The van der Waals surface area contributed by atoms with Crippen LogP contribution in [0.15, 0.2) is 40.6 Å². The van der Waals surface area contributed by atoms with Crippen molar-refractivity contribution in [2.75, 3.05) is 11.6 Å². The van der Waals surface area contributed by atoms with Gasteiger partial charge >= 0.3 is 5.69 Å². The molecule has 7 nitrogen and oxygen atoms in total. The van der Waals surface area contributed by atoms with Crippen molar-refractivity contribution in [2.24, 2.45) is 0 Å². The lowest BCUT2D eigenvalue weighted by molar-refractivity contribution is -0.386. The van der Waals surface area contributed by atoms with Crippen molar-refractivity contribution in [2.45, 2.75) is 30.4 Å². The summed E-state index contributed by atoms with van der Waals surface area (Å²) in [6.45, 7) is 1.77. The average Bonchev–Trinajstić information content (AvgIpc) is 2.99. The lowest BCUT2D eigenvalue weighted by atomic mass is 10.1. The number of thiophene rings is 1. The van der Waals surface area contributed by atoms with Crippen LogP contribution in [0.25, 0.3) is 0 Å². The summed E-state index contributed by atoms with van der Waals surface area (Å²) in [5, 5.41) is 26.3. The van der Waals surface area contributed by atoms with Gasteiger partial charge in [-0.1, -0.05) is 12.1 Å². The number of nitro benzene ring substituents is 1. The summed E-state index contributed by atoms with van der Waals surface area (Å²) in [7, 11) is -3.72. The maximum Gasteiger partial charge on any atom is 0.310 e. The van der Waals surface area contributed by atoms with Crippen LogP contribution in [0.4, 0.5) is 11.4 Å². The van der Waals surface area contributed by atoms with Crippen LogP contribution in [0.5, 0.6) is 0 Å². The number of aliphatic hydroxyl groups excluding tert-OH is 1. The molecule has 0 saturated heterocycles. The molecule has 2 rings (SSSR count). The average molecular weight is 370 g/mol. The molecular formula is C15H18N2O5S2. The van der Waals surface area contributed by atoms with Crippen LogP contribution in [-0.4, -0.2) is 30.7 Å². The zero-order valence-electron chi connectivity index (χ0n) is 13.2. The molecule has 1 aromatic heterocycles. The molecule has 0 saturated carbocycles. The molecule has 2 aromatic rings.